The molecule has 0 aliphatic heterocycles. The third kappa shape index (κ3) is 76.3. The number of phosphoric acid groups is 2. The fourth-order valence-corrected chi connectivity index (χ4v) is 14.4. The lowest BCUT2D eigenvalue weighted by atomic mass is 10.0. The Bertz CT molecular complexity index is 1990. The van der Waals surface area contributed by atoms with Gasteiger partial charge in [-0.05, 0) is 49.4 Å². The van der Waals surface area contributed by atoms with Crippen LogP contribution in [-0.2, 0) is 65.4 Å². The molecule has 0 saturated carbocycles. The maximum absolute atomic E-state index is 13.1. The molecule has 0 aromatic carbocycles. The molecule has 0 spiro atoms. The summed E-state index contributed by atoms with van der Waals surface area (Å²) in [6, 6.07) is 0. The van der Waals surface area contributed by atoms with Crippen molar-refractivity contribution in [3.8, 4) is 0 Å². The van der Waals surface area contributed by atoms with Crippen molar-refractivity contribution >= 4 is 39.5 Å². The number of hydrogen-bond donors (Lipinski definition) is 3. The van der Waals surface area contributed by atoms with Crippen molar-refractivity contribution in [2.45, 2.75) is 446 Å². The summed E-state index contributed by atoms with van der Waals surface area (Å²) in [5.41, 5.74) is 0. The second-order valence-corrected chi connectivity index (χ2v) is 34.7. The molecule has 5 atom stereocenters. The van der Waals surface area contributed by atoms with Crippen molar-refractivity contribution in [1.29, 1.82) is 0 Å². The average molecular weight is 1490 g/mol. The molecule has 0 amide bonds. The molecule has 3 N–H and O–H groups in total. The summed E-state index contributed by atoms with van der Waals surface area (Å²) in [6.07, 6.45) is 59.8. The molecule has 2 unspecified atom stereocenters. The van der Waals surface area contributed by atoms with E-state index in [2.05, 4.69) is 55.4 Å². The standard InChI is InChI=1S/C83H162O17P2/c1-73(2)59-51-43-35-27-21-17-13-11-9-10-12-14-20-24-32-41-49-57-65-82(87)99-78(69-93-80(85)63-55-47-39-31-23-19-16-15-18-22-28-36-44-52-60-74(3)4)71-97-101(89,90)95-67-77(84)68-96-102(91,92)98-72-79(100-83(88)66-58-50-42-34-26-30-38-46-54-62-76(7)8)70-94-81(86)64-56-48-40-33-25-29-37-45-53-61-75(5)6/h73-79,84H,9-72H2,1-8H3,(H,89,90)(H,91,92)/t77-,78-,79-/m1/s1. The zero-order chi connectivity index (χ0) is 75.3. The predicted molar refractivity (Wildman–Crippen MR) is 418 cm³/mol. The van der Waals surface area contributed by atoms with Gasteiger partial charge in [0.05, 0.1) is 26.4 Å². The molecule has 606 valence electrons. The molecule has 0 saturated heterocycles. The van der Waals surface area contributed by atoms with Gasteiger partial charge >= 0.3 is 39.5 Å². The maximum atomic E-state index is 13.1. The van der Waals surface area contributed by atoms with Gasteiger partial charge in [-0.15, -0.1) is 0 Å². The van der Waals surface area contributed by atoms with Crippen LogP contribution < -0.4 is 0 Å². The highest BCUT2D eigenvalue weighted by Crippen LogP contribution is 2.45. The van der Waals surface area contributed by atoms with E-state index in [1.165, 1.54) is 231 Å². The molecule has 19 heteroatoms. The predicted octanol–water partition coefficient (Wildman–Crippen LogP) is 24.8. The molecule has 0 aromatic rings. The van der Waals surface area contributed by atoms with Gasteiger partial charge in [0.2, 0.25) is 0 Å². The molecular formula is C83H162O17P2. The number of unbranched alkanes of at least 4 members (excludes halogenated alkanes) is 46. The number of hydrogen-bond acceptors (Lipinski definition) is 15. The Labute approximate surface area is 626 Å². The minimum absolute atomic E-state index is 0.105. The highest BCUT2D eigenvalue weighted by Gasteiger charge is 2.30. The number of esters is 4. The lowest BCUT2D eigenvalue weighted by Gasteiger charge is -2.21. The zero-order valence-electron chi connectivity index (χ0n) is 67.2. The van der Waals surface area contributed by atoms with Crippen LogP contribution in [-0.4, -0.2) is 96.7 Å². The van der Waals surface area contributed by atoms with Gasteiger partial charge in [0.25, 0.3) is 0 Å². The van der Waals surface area contributed by atoms with Gasteiger partial charge in [-0.1, -0.05) is 376 Å². The van der Waals surface area contributed by atoms with Gasteiger partial charge in [0.15, 0.2) is 12.2 Å². The Morgan fingerprint density at radius 2 is 0.412 bits per heavy atom. The Morgan fingerprint density at radius 3 is 0.608 bits per heavy atom. The molecule has 0 aliphatic carbocycles. The molecule has 0 aliphatic rings. The highest BCUT2D eigenvalue weighted by molar-refractivity contribution is 7.47. The van der Waals surface area contributed by atoms with Crippen LogP contribution in [0.2, 0.25) is 0 Å². The molecular weight excluding hydrogens is 1330 g/mol. The molecule has 0 aromatic heterocycles. The average Bonchev–Trinajstić information content (AvgIpc) is 0.931. The lowest BCUT2D eigenvalue weighted by Crippen LogP contribution is -2.30. The summed E-state index contributed by atoms with van der Waals surface area (Å²) in [5.74, 6) is 0.988. The van der Waals surface area contributed by atoms with E-state index >= 15 is 0 Å². The number of ether oxygens (including phenoxy) is 4. The number of carbonyl (C=O) groups excluding carboxylic acids is 4. The fraction of sp³-hybridized carbons (Fsp3) is 0.952. The van der Waals surface area contributed by atoms with E-state index in [0.29, 0.717) is 25.7 Å². The topological polar surface area (TPSA) is 237 Å². The molecule has 0 rings (SSSR count). The zero-order valence-corrected chi connectivity index (χ0v) is 69.0. The van der Waals surface area contributed by atoms with Crippen molar-refractivity contribution in [3.63, 3.8) is 0 Å². The molecule has 0 bridgehead atoms. The summed E-state index contributed by atoms with van der Waals surface area (Å²) >= 11 is 0. The van der Waals surface area contributed by atoms with Gasteiger partial charge in [-0.2, -0.15) is 0 Å². The highest BCUT2D eigenvalue weighted by atomic mass is 31.2. The van der Waals surface area contributed by atoms with Gasteiger partial charge in [0, 0.05) is 25.7 Å². The van der Waals surface area contributed by atoms with Crippen molar-refractivity contribution < 1.29 is 80.2 Å². The van der Waals surface area contributed by atoms with Crippen LogP contribution in [0.25, 0.3) is 0 Å². The number of carbonyl (C=O) groups is 4. The van der Waals surface area contributed by atoms with Crippen LogP contribution >= 0.6 is 15.6 Å². The van der Waals surface area contributed by atoms with Crippen molar-refractivity contribution in [2.75, 3.05) is 39.6 Å². The first-order valence-corrected chi connectivity index (χ1v) is 45.7. The van der Waals surface area contributed by atoms with Gasteiger partial charge in [-0.3, -0.25) is 37.3 Å². The van der Waals surface area contributed by atoms with Crippen LogP contribution in [0.1, 0.15) is 428 Å². The largest absolute Gasteiger partial charge is 0.472 e. The monoisotopic (exact) mass is 1490 g/mol. The van der Waals surface area contributed by atoms with Crippen LogP contribution in [0.4, 0.5) is 0 Å². The summed E-state index contributed by atoms with van der Waals surface area (Å²) in [4.78, 5) is 73.1. The van der Waals surface area contributed by atoms with E-state index < -0.39 is 97.5 Å². The first-order valence-electron chi connectivity index (χ1n) is 42.7. The van der Waals surface area contributed by atoms with Crippen LogP contribution in [0.5, 0.6) is 0 Å². The van der Waals surface area contributed by atoms with Crippen molar-refractivity contribution in [2.24, 2.45) is 23.7 Å². The number of rotatable bonds is 80. The first kappa shape index (κ1) is 100. The van der Waals surface area contributed by atoms with Crippen molar-refractivity contribution in [1.82, 2.24) is 0 Å². The second kappa shape index (κ2) is 72.0. The minimum atomic E-state index is -4.96. The third-order valence-corrected chi connectivity index (χ3v) is 21.2. The SMILES string of the molecule is CC(C)CCCCCCCCCCCCCCCCCCCCC(=O)O[C@H](COC(=O)CCCCCCCCCCCCCCCCC(C)C)COP(=O)(O)OC[C@@H](O)COP(=O)(O)OC[C@@H](COC(=O)CCCCCCCCCCCC(C)C)OC(=O)CCCCCCCCCCCC(C)C. The van der Waals surface area contributed by atoms with Gasteiger partial charge in [-0.25, -0.2) is 9.13 Å². The summed E-state index contributed by atoms with van der Waals surface area (Å²) in [6.45, 7) is 14.3. The Kier molecular flexibility index (Phi) is 70.6. The van der Waals surface area contributed by atoms with Gasteiger partial charge in [0.1, 0.15) is 19.3 Å². The molecule has 17 nitrogen and oxygen atoms in total. The Balaban J connectivity index is 5.24. The van der Waals surface area contributed by atoms with E-state index in [1.54, 1.807) is 0 Å². The molecule has 0 radical (unpaired) electrons. The summed E-state index contributed by atoms with van der Waals surface area (Å²) < 4.78 is 68.8. The maximum Gasteiger partial charge on any atom is 0.472 e. The van der Waals surface area contributed by atoms with Crippen LogP contribution in [0, 0.1) is 23.7 Å². The molecule has 102 heavy (non-hydrogen) atoms. The smallest absolute Gasteiger partial charge is 0.462 e. The lowest BCUT2D eigenvalue weighted by molar-refractivity contribution is -0.161. The fourth-order valence-electron chi connectivity index (χ4n) is 12.8. The van der Waals surface area contributed by atoms with Crippen molar-refractivity contribution in [3.05, 3.63) is 0 Å². The summed E-state index contributed by atoms with van der Waals surface area (Å²) in [5, 5.41) is 10.7. The second-order valence-electron chi connectivity index (χ2n) is 31.8. The quantitative estimate of drug-likeness (QED) is 0.0222. The summed E-state index contributed by atoms with van der Waals surface area (Å²) in [7, 11) is -9.92. The first-order chi connectivity index (χ1) is 49.1. The Hall–Kier alpha value is -1.94. The normalized spacial score (nSPS) is 14.0. The van der Waals surface area contributed by atoms with E-state index in [9.17, 15) is 43.2 Å². The van der Waals surface area contributed by atoms with Crippen LogP contribution in [0.3, 0.4) is 0 Å². The van der Waals surface area contributed by atoms with Crippen LogP contribution in [0.15, 0.2) is 0 Å². The molecule has 0 fully saturated rings. The number of aliphatic hydroxyl groups is 1. The van der Waals surface area contributed by atoms with E-state index in [0.717, 1.165) is 114 Å². The van der Waals surface area contributed by atoms with E-state index in [1.807, 2.05) is 0 Å². The molecule has 0 heterocycles. The third-order valence-electron chi connectivity index (χ3n) is 19.3. The number of aliphatic hydroxyl groups excluding tert-OH is 1. The van der Waals surface area contributed by atoms with Gasteiger partial charge < -0.3 is 33.8 Å². The number of phosphoric ester groups is 2. The minimum Gasteiger partial charge on any atom is -0.462 e. The van der Waals surface area contributed by atoms with E-state index in [4.69, 9.17) is 37.0 Å². The Morgan fingerprint density at radius 1 is 0.245 bits per heavy atom. The van der Waals surface area contributed by atoms with E-state index in [-0.39, 0.29) is 25.7 Å².